The number of benzene rings is 1. The second kappa shape index (κ2) is 8.30. The van der Waals surface area contributed by atoms with Crippen LogP contribution >= 0.6 is 0 Å². The van der Waals surface area contributed by atoms with E-state index in [2.05, 4.69) is 25.6 Å². The van der Waals surface area contributed by atoms with Crippen LogP contribution in [-0.2, 0) is 0 Å². The second-order valence-electron chi connectivity index (χ2n) is 5.46. The maximum atomic E-state index is 13.4. The first-order valence-corrected chi connectivity index (χ1v) is 8.02. The van der Waals surface area contributed by atoms with Crippen molar-refractivity contribution in [2.45, 2.75) is 6.42 Å². The Morgan fingerprint density at radius 1 is 0.962 bits per heavy atom. The van der Waals surface area contributed by atoms with Gasteiger partial charge < -0.3 is 15.7 Å². The summed E-state index contributed by atoms with van der Waals surface area (Å²) < 4.78 is 26.5. The van der Waals surface area contributed by atoms with Gasteiger partial charge in [-0.25, -0.2) is 13.8 Å². The van der Waals surface area contributed by atoms with Gasteiger partial charge in [0.2, 0.25) is 5.95 Å². The van der Waals surface area contributed by atoms with E-state index in [1.54, 1.807) is 30.6 Å². The summed E-state index contributed by atoms with van der Waals surface area (Å²) in [5.41, 5.74) is 1.84. The molecule has 0 amide bonds. The molecule has 3 N–H and O–H groups in total. The third-order valence-electron chi connectivity index (χ3n) is 3.51. The molecule has 6 nitrogen and oxygen atoms in total. The number of aromatic nitrogens is 3. The Labute approximate surface area is 149 Å². The third-order valence-corrected chi connectivity index (χ3v) is 3.51. The zero-order valence-electron chi connectivity index (χ0n) is 13.8. The smallest absolute Gasteiger partial charge is 0.225 e. The van der Waals surface area contributed by atoms with Gasteiger partial charge in [0.05, 0.1) is 5.69 Å². The number of anilines is 3. The summed E-state index contributed by atoms with van der Waals surface area (Å²) in [5, 5.41) is 14.9. The molecular formula is C18H17F2N5O. The maximum absolute atomic E-state index is 13.4. The fourth-order valence-corrected chi connectivity index (χ4v) is 2.26. The van der Waals surface area contributed by atoms with Gasteiger partial charge in [-0.05, 0) is 30.7 Å². The fraction of sp³-hybridized carbons (Fsp3) is 0.167. The lowest BCUT2D eigenvalue weighted by atomic mass is 10.2. The summed E-state index contributed by atoms with van der Waals surface area (Å²) in [4.78, 5) is 12.8. The van der Waals surface area contributed by atoms with Crippen molar-refractivity contribution in [3.8, 4) is 11.3 Å². The van der Waals surface area contributed by atoms with Crippen LogP contribution in [0.4, 0.5) is 26.2 Å². The molecule has 0 radical (unpaired) electrons. The molecular weight excluding hydrogens is 340 g/mol. The van der Waals surface area contributed by atoms with E-state index in [4.69, 9.17) is 5.11 Å². The standard InChI is InChI=1S/C18H17F2N5O/c19-14-3-2-13(10-15(14)20)23-17-11-16(12-4-7-21-8-5-12)24-18(25-17)22-6-1-9-26/h2-5,7-8,10-11,26H,1,6,9H2,(H2,22,23,24,25). The largest absolute Gasteiger partial charge is 0.396 e. The summed E-state index contributed by atoms with van der Waals surface area (Å²) in [6.07, 6.45) is 3.85. The lowest BCUT2D eigenvalue weighted by molar-refractivity contribution is 0.292. The first kappa shape index (κ1) is 17.7. The summed E-state index contributed by atoms with van der Waals surface area (Å²) in [6.45, 7) is 0.553. The molecule has 0 aliphatic carbocycles. The number of aliphatic hydroxyl groups excluding tert-OH is 1. The summed E-state index contributed by atoms with van der Waals surface area (Å²) in [5.74, 6) is -1.08. The van der Waals surface area contributed by atoms with Gasteiger partial charge in [0.15, 0.2) is 11.6 Å². The van der Waals surface area contributed by atoms with E-state index in [1.807, 2.05) is 0 Å². The summed E-state index contributed by atoms with van der Waals surface area (Å²) in [6, 6.07) is 8.84. The van der Waals surface area contributed by atoms with Gasteiger partial charge in [-0.1, -0.05) is 0 Å². The number of aliphatic hydroxyl groups is 1. The molecule has 1 aromatic carbocycles. The minimum atomic E-state index is -0.945. The Morgan fingerprint density at radius 3 is 2.50 bits per heavy atom. The van der Waals surface area contributed by atoms with Gasteiger partial charge >= 0.3 is 0 Å². The first-order valence-electron chi connectivity index (χ1n) is 8.02. The molecule has 3 aromatic rings. The monoisotopic (exact) mass is 357 g/mol. The predicted molar refractivity (Wildman–Crippen MR) is 95.1 cm³/mol. The third kappa shape index (κ3) is 4.48. The Bertz CT molecular complexity index is 877. The van der Waals surface area contributed by atoms with Crippen LogP contribution in [0.15, 0.2) is 48.8 Å². The lowest BCUT2D eigenvalue weighted by Gasteiger charge is -2.11. The molecule has 0 unspecified atom stereocenters. The number of hydrogen-bond acceptors (Lipinski definition) is 6. The first-order chi connectivity index (χ1) is 12.7. The zero-order valence-corrected chi connectivity index (χ0v) is 13.8. The van der Waals surface area contributed by atoms with Crippen molar-refractivity contribution in [1.29, 1.82) is 0 Å². The second-order valence-corrected chi connectivity index (χ2v) is 5.46. The molecule has 3 rings (SSSR count). The highest BCUT2D eigenvalue weighted by molar-refractivity contribution is 5.67. The van der Waals surface area contributed by atoms with Gasteiger partial charge in [-0.15, -0.1) is 0 Å². The Kier molecular flexibility index (Phi) is 5.65. The Balaban J connectivity index is 1.91. The normalized spacial score (nSPS) is 10.6. The SMILES string of the molecule is OCCCNc1nc(Nc2ccc(F)c(F)c2)cc(-c2ccncc2)n1. The minimum Gasteiger partial charge on any atom is -0.396 e. The van der Waals surface area contributed by atoms with Crippen LogP contribution in [0.3, 0.4) is 0 Å². The van der Waals surface area contributed by atoms with Gasteiger partial charge in [0.25, 0.3) is 0 Å². The molecule has 2 aromatic heterocycles. The number of nitrogens with one attached hydrogen (secondary N) is 2. The van der Waals surface area contributed by atoms with Gasteiger partial charge in [0.1, 0.15) is 5.82 Å². The number of nitrogens with zero attached hydrogens (tertiary/aromatic N) is 3. The highest BCUT2D eigenvalue weighted by atomic mass is 19.2. The maximum Gasteiger partial charge on any atom is 0.225 e. The molecule has 0 atom stereocenters. The molecule has 26 heavy (non-hydrogen) atoms. The van der Waals surface area contributed by atoms with Crippen LogP contribution < -0.4 is 10.6 Å². The van der Waals surface area contributed by atoms with Crippen LogP contribution in [0, 0.1) is 11.6 Å². The average molecular weight is 357 g/mol. The van der Waals surface area contributed by atoms with Crippen LogP contribution in [0.5, 0.6) is 0 Å². The molecule has 2 heterocycles. The van der Waals surface area contributed by atoms with E-state index in [0.717, 1.165) is 17.7 Å². The number of rotatable bonds is 7. The molecule has 0 saturated heterocycles. The van der Waals surface area contributed by atoms with Crippen LogP contribution in [-0.4, -0.2) is 33.2 Å². The van der Waals surface area contributed by atoms with Crippen molar-refractivity contribution < 1.29 is 13.9 Å². The highest BCUT2D eigenvalue weighted by Crippen LogP contribution is 2.24. The fourth-order valence-electron chi connectivity index (χ4n) is 2.26. The minimum absolute atomic E-state index is 0.0526. The van der Waals surface area contributed by atoms with E-state index >= 15 is 0 Å². The lowest BCUT2D eigenvalue weighted by Crippen LogP contribution is -2.08. The number of pyridine rings is 1. The van der Waals surface area contributed by atoms with E-state index < -0.39 is 11.6 Å². The van der Waals surface area contributed by atoms with Crippen LogP contribution in [0.25, 0.3) is 11.3 Å². The Hall–Kier alpha value is -3.13. The predicted octanol–water partition coefficient (Wildman–Crippen LogP) is 3.35. The average Bonchev–Trinajstić information content (AvgIpc) is 2.66. The van der Waals surface area contributed by atoms with E-state index in [9.17, 15) is 8.78 Å². The van der Waals surface area contributed by atoms with Gasteiger partial charge in [0, 0.05) is 48.9 Å². The van der Waals surface area contributed by atoms with E-state index in [1.165, 1.54) is 6.07 Å². The quantitative estimate of drug-likeness (QED) is 0.563. The molecule has 0 saturated carbocycles. The molecule has 0 aliphatic heterocycles. The summed E-state index contributed by atoms with van der Waals surface area (Å²) >= 11 is 0. The molecule has 0 spiro atoms. The van der Waals surface area contributed by atoms with Gasteiger partial charge in [-0.3, -0.25) is 4.98 Å². The van der Waals surface area contributed by atoms with Crippen LogP contribution in [0.2, 0.25) is 0 Å². The van der Waals surface area contributed by atoms with E-state index in [-0.39, 0.29) is 6.61 Å². The number of hydrogen-bond donors (Lipinski definition) is 3. The Morgan fingerprint density at radius 2 is 1.77 bits per heavy atom. The molecule has 134 valence electrons. The van der Waals surface area contributed by atoms with Crippen molar-refractivity contribution in [2.75, 3.05) is 23.8 Å². The number of halogens is 2. The highest BCUT2D eigenvalue weighted by Gasteiger charge is 2.09. The zero-order chi connectivity index (χ0) is 18.4. The topological polar surface area (TPSA) is 83.0 Å². The van der Waals surface area contributed by atoms with E-state index in [0.29, 0.717) is 36.1 Å². The van der Waals surface area contributed by atoms with Crippen molar-refractivity contribution in [2.24, 2.45) is 0 Å². The van der Waals surface area contributed by atoms with Crippen molar-refractivity contribution in [3.63, 3.8) is 0 Å². The van der Waals surface area contributed by atoms with Crippen molar-refractivity contribution >= 4 is 17.5 Å². The van der Waals surface area contributed by atoms with Crippen molar-refractivity contribution in [3.05, 3.63) is 60.4 Å². The van der Waals surface area contributed by atoms with Crippen molar-refractivity contribution in [1.82, 2.24) is 15.0 Å². The molecule has 0 aliphatic rings. The molecule has 0 bridgehead atoms. The molecule has 8 heteroatoms. The summed E-state index contributed by atoms with van der Waals surface area (Å²) in [7, 11) is 0. The molecule has 0 fully saturated rings. The van der Waals surface area contributed by atoms with Gasteiger partial charge in [-0.2, -0.15) is 4.98 Å². The van der Waals surface area contributed by atoms with Crippen LogP contribution in [0.1, 0.15) is 6.42 Å².